The zero-order chi connectivity index (χ0) is 19.0. The van der Waals surface area contributed by atoms with Gasteiger partial charge in [0.15, 0.2) is 0 Å². The maximum absolute atomic E-state index is 13.2. The Balaban J connectivity index is 1.75. The normalized spacial score (nSPS) is 27.4. The first-order chi connectivity index (χ1) is 13.0. The van der Waals surface area contributed by atoms with Gasteiger partial charge in [-0.15, -0.1) is 0 Å². The third-order valence-corrected chi connectivity index (χ3v) is 5.56. The van der Waals surface area contributed by atoms with E-state index in [-0.39, 0.29) is 24.2 Å². The lowest BCUT2D eigenvalue weighted by Gasteiger charge is -2.46. The molecule has 0 aromatic heterocycles. The van der Waals surface area contributed by atoms with Crippen LogP contribution in [-0.2, 0) is 10.9 Å². The molecule has 1 fully saturated rings. The van der Waals surface area contributed by atoms with Crippen LogP contribution >= 0.6 is 0 Å². The van der Waals surface area contributed by atoms with Gasteiger partial charge < -0.3 is 15.4 Å². The summed E-state index contributed by atoms with van der Waals surface area (Å²) in [6.07, 6.45) is -2.91. The Labute approximate surface area is 156 Å². The van der Waals surface area contributed by atoms with Crippen LogP contribution in [0.4, 0.5) is 18.9 Å². The van der Waals surface area contributed by atoms with E-state index in [4.69, 9.17) is 4.74 Å². The minimum Gasteiger partial charge on any atom is -0.378 e. The molecule has 144 valence electrons. The van der Waals surface area contributed by atoms with Gasteiger partial charge >= 0.3 is 6.18 Å². The molecule has 4 atom stereocenters. The van der Waals surface area contributed by atoms with Crippen molar-refractivity contribution in [2.24, 2.45) is 5.92 Å². The molecule has 0 spiro atoms. The smallest absolute Gasteiger partial charge is 0.378 e. The van der Waals surface area contributed by atoms with Gasteiger partial charge in [-0.3, -0.25) is 0 Å². The number of hydrogen-bond acceptors (Lipinski definition) is 3. The molecule has 1 saturated heterocycles. The SMILES string of the molecule is CNC[C@@H]1CC[C@H]2[C@@H](c3ccccc3)Nc3ccc(C(F)(F)F)cc3[C@H]2O1. The molecule has 2 aromatic carbocycles. The molecule has 4 rings (SSSR count). The molecule has 0 amide bonds. The number of alkyl halides is 3. The van der Waals surface area contributed by atoms with Crippen LogP contribution in [0.5, 0.6) is 0 Å². The second kappa shape index (κ2) is 7.17. The van der Waals surface area contributed by atoms with E-state index in [0.29, 0.717) is 12.1 Å². The second-order valence-electron chi connectivity index (χ2n) is 7.31. The number of nitrogens with one attached hydrogen (secondary N) is 2. The van der Waals surface area contributed by atoms with Crippen LogP contribution in [0.15, 0.2) is 48.5 Å². The summed E-state index contributed by atoms with van der Waals surface area (Å²) < 4.78 is 46.1. The van der Waals surface area contributed by atoms with Crippen molar-refractivity contribution in [2.75, 3.05) is 18.9 Å². The van der Waals surface area contributed by atoms with Crippen molar-refractivity contribution in [3.05, 3.63) is 65.2 Å². The molecule has 27 heavy (non-hydrogen) atoms. The maximum atomic E-state index is 13.2. The lowest BCUT2D eigenvalue weighted by Crippen LogP contribution is -2.41. The van der Waals surface area contributed by atoms with Crippen LogP contribution in [0.1, 0.15) is 41.7 Å². The van der Waals surface area contributed by atoms with Gasteiger partial charge in [-0.05, 0) is 43.7 Å². The Morgan fingerprint density at radius 3 is 2.59 bits per heavy atom. The van der Waals surface area contributed by atoms with Crippen LogP contribution in [0.25, 0.3) is 0 Å². The first-order valence-electron chi connectivity index (χ1n) is 9.30. The topological polar surface area (TPSA) is 33.3 Å². The van der Waals surface area contributed by atoms with Crippen LogP contribution in [-0.4, -0.2) is 19.7 Å². The quantitative estimate of drug-likeness (QED) is 0.797. The molecule has 2 aliphatic rings. The summed E-state index contributed by atoms with van der Waals surface area (Å²) in [6, 6.07) is 14.0. The number of rotatable bonds is 3. The van der Waals surface area contributed by atoms with Gasteiger partial charge in [0.05, 0.1) is 23.8 Å². The summed E-state index contributed by atoms with van der Waals surface area (Å²) in [5.41, 5.74) is 1.85. The fraction of sp³-hybridized carbons (Fsp3) is 0.429. The highest BCUT2D eigenvalue weighted by Gasteiger charge is 2.43. The lowest BCUT2D eigenvalue weighted by atomic mass is 9.76. The van der Waals surface area contributed by atoms with Gasteiger partial charge in [0, 0.05) is 23.7 Å². The number of hydrogen-bond donors (Lipinski definition) is 2. The average Bonchev–Trinajstić information content (AvgIpc) is 2.67. The van der Waals surface area contributed by atoms with Crippen LogP contribution in [0, 0.1) is 5.92 Å². The molecule has 0 radical (unpaired) electrons. The average molecular weight is 376 g/mol. The Bertz CT molecular complexity index is 794. The van der Waals surface area contributed by atoms with Crippen molar-refractivity contribution >= 4 is 5.69 Å². The summed E-state index contributed by atoms with van der Waals surface area (Å²) in [5, 5.41) is 6.59. The molecule has 0 saturated carbocycles. The Hall–Kier alpha value is -2.05. The van der Waals surface area contributed by atoms with Crippen LogP contribution in [0.3, 0.4) is 0 Å². The Kier molecular flexibility index (Phi) is 4.86. The fourth-order valence-electron chi connectivity index (χ4n) is 4.30. The molecule has 2 heterocycles. The van der Waals surface area contributed by atoms with Crippen molar-refractivity contribution < 1.29 is 17.9 Å². The summed E-state index contributed by atoms with van der Waals surface area (Å²) in [6.45, 7) is 0.695. The highest BCUT2D eigenvalue weighted by atomic mass is 19.4. The predicted molar refractivity (Wildman–Crippen MR) is 98.5 cm³/mol. The lowest BCUT2D eigenvalue weighted by molar-refractivity contribution is -0.138. The zero-order valence-corrected chi connectivity index (χ0v) is 15.1. The third kappa shape index (κ3) is 3.56. The molecule has 6 heteroatoms. The minimum absolute atomic E-state index is 0.00756. The Morgan fingerprint density at radius 2 is 1.89 bits per heavy atom. The van der Waals surface area contributed by atoms with Gasteiger partial charge in [0.2, 0.25) is 0 Å². The first-order valence-corrected chi connectivity index (χ1v) is 9.30. The summed E-state index contributed by atoms with van der Waals surface area (Å²) >= 11 is 0. The molecule has 0 aliphatic carbocycles. The van der Waals surface area contributed by atoms with Crippen molar-refractivity contribution in [1.29, 1.82) is 0 Å². The van der Waals surface area contributed by atoms with E-state index in [1.165, 1.54) is 12.1 Å². The molecular weight excluding hydrogens is 353 g/mol. The summed E-state index contributed by atoms with van der Waals surface area (Å²) in [7, 11) is 1.86. The zero-order valence-electron chi connectivity index (χ0n) is 15.1. The number of benzene rings is 2. The van der Waals surface area contributed by atoms with E-state index in [9.17, 15) is 13.2 Å². The number of likely N-dealkylation sites (N-methyl/N-ethyl adjacent to an activating group) is 1. The molecule has 3 nitrogen and oxygen atoms in total. The van der Waals surface area contributed by atoms with Crippen molar-refractivity contribution in [3.63, 3.8) is 0 Å². The molecule has 2 aliphatic heterocycles. The van der Waals surface area contributed by atoms with Crippen LogP contribution < -0.4 is 10.6 Å². The van der Waals surface area contributed by atoms with Gasteiger partial charge in [-0.1, -0.05) is 30.3 Å². The van der Waals surface area contributed by atoms with Gasteiger partial charge in [0.1, 0.15) is 0 Å². The molecule has 0 unspecified atom stereocenters. The van der Waals surface area contributed by atoms with E-state index in [1.54, 1.807) is 0 Å². The predicted octanol–water partition coefficient (Wildman–Crippen LogP) is 4.93. The third-order valence-electron chi connectivity index (χ3n) is 5.56. The van der Waals surface area contributed by atoms with Gasteiger partial charge in [0.25, 0.3) is 0 Å². The number of fused-ring (bicyclic) bond motifs is 3. The monoisotopic (exact) mass is 376 g/mol. The Morgan fingerprint density at radius 1 is 1.11 bits per heavy atom. The second-order valence-corrected chi connectivity index (χ2v) is 7.31. The van der Waals surface area contributed by atoms with Crippen molar-refractivity contribution in [1.82, 2.24) is 5.32 Å². The van der Waals surface area contributed by atoms with E-state index in [2.05, 4.69) is 22.8 Å². The van der Waals surface area contributed by atoms with E-state index in [0.717, 1.165) is 30.2 Å². The molecule has 0 bridgehead atoms. The largest absolute Gasteiger partial charge is 0.416 e. The van der Waals surface area contributed by atoms with Crippen molar-refractivity contribution in [3.8, 4) is 0 Å². The van der Waals surface area contributed by atoms with Crippen molar-refractivity contribution in [2.45, 2.75) is 37.3 Å². The number of anilines is 1. The fourth-order valence-corrected chi connectivity index (χ4v) is 4.30. The van der Waals surface area contributed by atoms with Gasteiger partial charge in [-0.2, -0.15) is 13.2 Å². The van der Waals surface area contributed by atoms with E-state index < -0.39 is 11.7 Å². The maximum Gasteiger partial charge on any atom is 0.416 e. The molecular formula is C21H23F3N2O. The van der Waals surface area contributed by atoms with Gasteiger partial charge in [-0.25, -0.2) is 0 Å². The highest BCUT2D eigenvalue weighted by molar-refractivity contribution is 5.58. The highest BCUT2D eigenvalue weighted by Crippen LogP contribution is 2.51. The minimum atomic E-state index is -4.36. The summed E-state index contributed by atoms with van der Waals surface area (Å²) in [4.78, 5) is 0. The number of ether oxygens (including phenoxy) is 1. The number of halogens is 3. The first kappa shape index (κ1) is 18.3. The summed E-state index contributed by atoms with van der Waals surface area (Å²) in [5.74, 6) is 0.0940. The van der Waals surface area contributed by atoms with E-state index >= 15 is 0 Å². The van der Waals surface area contributed by atoms with E-state index in [1.807, 2.05) is 25.2 Å². The van der Waals surface area contributed by atoms with Crippen LogP contribution in [0.2, 0.25) is 0 Å². The molecule has 2 N–H and O–H groups in total. The molecule has 2 aromatic rings. The standard InChI is InChI=1S/C21H23F3N2O/c1-25-12-15-8-9-16-19(13-5-3-2-4-6-13)26-18-10-7-14(21(22,23)24)11-17(18)20(16)27-15/h2-7,10-11,15-16,19-20,25-26H,8-9,12H2,1H3/t15-,16-,19+,20-/m0/s1.